The number of anilines is 1. The van der Waals surface area contributed by atoms with Gasteiger partial charge in [-0.25, -0.2) is 13.9 Å². The Morgan fingerprint density at radius 1 is 1.00 bits per heavy atom. The topological polar surface area (TPSA) is 77.8 Å². The summed E-state index contributed by atoms with van der Waals surface area (Å²) in [5, 5.41) is 6.32. The minimum Gasteiger partial charge on any atom is -0.493 e. The number of hydrogen-bond acceptors (Lipinski definition) is 5. The molecule has 0 fully saturated rings. The summed E-state index contributed by atoms with van der Waals surface area (Å²) in [6.07, 6.45) is -3.78. The van der Waals surface area contributed by atoms with Crippen LogP contribution in [-0.2, 0) is 6.18 Å². The first kappa shape index (κ1) is 22.1. The Morgan fingerprint density at radius 3 is 2.33 bits per heavy atom. The molecule has 170 valence electrons. The third kappa shape index (κ3) is 4.29. The monoisotopic (exact) mass is 460 g/mol. The molecule has 7 nitrogen and oxygen atoms in total. The van der Waals surface area contributed by atoms with Crippen LogP contribution in [0.5, 0.6) is 11.5 Å². The standard InChI is InChI=1S/C22H16F4N4O3/c1-32-17-8-7-14(9-18(17)33-2)28-21(31)15-11-27-30-19(22(24,25)26)10-16(29-20(15)30)12-3-5-13(23)6-4-12/h3-11H,1-2H3,(H,28,31). The van der Waals surface area contributed by atoms with Gasteiger partial charge in [0.15, 0.2) is 22.8 Å². The number of alkyl halides is 3. The average molecular weight is 460 g/mol. The van der Waals surface area contributed by atoms with E-state index in [1.165, 1.54) is 32.4 Å². The van der Waals surface area contributed by atoms with Gasteiger partial charge in [-0.3, -0.25) is 4.79 Å². The van der Waals surface area contributed by atoms with E-state index in [0.29, 0.717) is 21.7 Å². The van der Waals surface area contributed by atoms with Crippen LogP contribution in [0.25, 0.3) is 16.9 Å². The van der Waals surface area contributed by atoms with Crippen molar-refractivity contribution in [1.29, 1.82) is 0 Å². The quantitative estimate of drug-likeness (QED) is 0.432. The first-order chi connectivity index (χ1) is 15.7. The van der Waals surface area contributed by atoms with Crippen molar-refractivity contribution in [3.8, 4) is 22.8 Å². The van der Waals surface area contributed by atoms with Crippen molar-refractivity contribution in [3.63, 3.8) is 0 Å². The largest absolute Gasteiger partial charge is 0.493 e. The fraction of sp³-hybridized carbons (Fsp3) is 0.136. The van der Waals surface area contributed by atoms with E-state index in [1.54, 1.807) is 12.1 Å². The number of fused-ring (bicyclic) bond motifs is 1. The second-order valence-corrected chi connectivity index (χ2v) is 6.85. The Bertz CT molecular complexity index is 1330. The van der Waals surface area contributed by atoms with Crippen LogP contribution in [0.3, 0.4) is 0 Å². The summed E-state index contributed by atoms with van der Waals surface area (Å²) < 4.78 is 65.3. The Kier molecular flexibility index (Phi) is 5.62. The molecule has 2 heterocycles. The van der Waals surface area contributed by atoms with Crippen LogP contribution < -0.4 is 14.8 Å². The molecule has 2 aromatic carbocycles. The van der Waals surface area contributed by atoms with Crippen molar-refractivity contribution in [3.05, 3.63) is 71.8 Å². The van der Waals surface area contributed by atoms with Gasteiger partial charge in [-0.1, -0.05) is 0 Å². The fourth-order valence-electron chi connectivity index (χ4n) is 3.21. The molecule has 0 bridgehead atoms. The van der Waals surface area contributed by atoms with Gasteiger partial charge in [0, 0.05) is 17.3 Å². The molecule has 33 heavy (non-hydrogen) atoms. The van der Waals surface area contributed by atoms with Crippen LogP contribution in [0.4, 0.5) is 23.2 Å². The zero-order chi connectivity index (χ0) is 23.8. The molecule has 0 aliphatic carbocycles. The van der Waals surface area contributed by atoms with Gasteiger partial charge in [-0.2, -0.15) is 18.3 Å². The number of ether oxygens (including phenoxy) is 2. The second-order valence-electron chi connectivity index (χ2n) is 6.85. The van der Waals surface area contributed by atoms with Crippen molar-refractivity contribution >= 4 is 17.2 Å². The van der Waals surface area contributed by atoms with E-state index >= 15 is 0 Å². The molecule has 4 aromatic rings. The lowest BCUT2D eigenvalue weighted by Crippen LogP contribution is -2.16. The smallest absolute Gasteiger partial charge is 0.433 e. The zero-order valence-electron chi connectivity index (χ0n) is 17.3. The summed E-state index contributed by atoms with van der Waals surface area (Å²) in [6.45, 7) is 0. The molecule has 0 atom stereocenters. The number of amides is 1. The van der Waals surface area contributed by atoms with Gasteiger partial charge in [-0.15, -0.1) is 0 Å². The normalized spacial score (nSPS) is 11.5. The highest BCUT2D eigenvalue weighted by molar-refractivity contribution is 6.08. The molecule has 11 heteroatoms. The van der Waals surface area contributed by atoms with E-state index < -0.39 is 23.6 Å². The van der Waals surface area contributed by atoms with Gasteiger partial charge in [-0.05, 0) is 42.5 Å². The highest BCUT2D eigenvalue weighted by Crippen LogP contribution is 2.33. The van der Waals surface area contributed by atoms with Crippen LogP contribution in [-0.4, -0.2) is 34.7 Å². The minimum absolute atomic E-state index is 0.0875. The molecular weight excluding hydrogens is 444 g/mol. The van der Waals surface area contributed by atoms with Crippen LogP contribution in [0, 0.1) is 5.82 Å². The van der Waals surface area contributed by atoms with Crippen LogP contribution in [0.1, 0.15) is 16.1 Å². The SMILES string of the molecule is COc1ccc(NC(=O)c2cnn3c(C(F)(F)F)cc(-c4ccc(F)cc4)nc23)cc1OC. The maximum atomic E-state index is 13.7. The maximum absolute atomic E-state index is 13.7. The molecule has 2 aromatic heterocycles. The molecule has 1 amide bonds. The Labute approximate surface area is 184 Å². The first-order valence-electron chi connectivity index (χ1n) is 9.46. The van der Waals surface area contributed by atoms with E-state index in [9.17, 15) is 22.4 Å². The summed E-state index contributed by atoms with van der Waals surface area (Å²) in [6, 6.07) is 10.2. The average Bonchev–Trinajstić information content (AvgIpc) is 3.22. The number of nitrogens with zero attached hydrogens (tertiary/aromatic N) is 3. The molecule has 0 aliphatic rings. The van der Waals surface area contributed by atoms with E-state index in [-0.39, 0.29) is 22.5 Å². The molecule has 0 radical (unpaired) electrons. The van der Waals surface area contributed by atoms with Crippen molar-refractivity contribution in [2.24, 2.45) is 0 Å². The number of carbonyl (C=O) groups is 1. The van der Waals surface area contributed by atoms with Crippen molar-refractivity contribution in [2.45, 2.75) is 6.18 Å². The number of rotatable bonds is 5. The fourth-order valence-corrected chi connectivity index (χ4v) is 3.21. The number of nitrogens with one attached hydrogen (secondary N) is 1. The third-order valence-electron chi connectivity index (χ3n) is 4.79. The molecule has 0 unspecified atom stereocenters. The summed E-state index contributed by atoms with van der Waals surface area (Å²) in [5.74, 6) is -0.484. The van der Waals surface area contributed by atoms with E-state index in [1.807, 2.05) is 0 Å². The molecule has 0 spiro atoms. The lowest BCUT2D eigenvalue weighted by Gasteiger charge is -2.12. The van der Waals surface area contributed by atoms with Crippen LogP contribution in [0.15, 0.2) is 54.7 Å². The number of hydrogen-bond donors (Lipinski definition) is 1. The lowest BCUT2D eigenvalue weighted by atomic mass is 10.1. The Morgan fingerprint density at radius 2 is 1.70 bits per heavy atom. The third-order valence-corrected chi connectivity index (χ3v) is 4.79. The summed E-state index contributed by atoms with van der Waals surface area (Å²) in [4.78, 5) is 17.1. The highest BCUT2D eigenvalue weighted by atomic mass is 19.4. The van der Waals surface area contributed by atoms with Crippen LogP contribution >= 0.6 is 0 Å². The van der Waals surface area contributed by atoms with E-state index in [4.69, 9.17) is 9.47 Å². The highest BCUT2D eigenvalue weighted by Gasteiger charge is 2.36. The van der Waals surface area contributed by atoms with Crippen molar-refractivity contribution < 1.29 is 31.8 Å². The summed E-state index contributed by atoms with van der Waals surface area (Å²) in [5.41, 5.74) is -1.13. The van der Waals surface area contributed by atoms with E-state index in [0.717, 1.165) is 24.4 Å². The van der Waals surface area contributed by atoms with Crippen LogP contribution in [0.2, 0.25) is 0 Å². The van der Waals surface area contributed by atoms with Gasteiger partial charge >= 0.3 is 6.18 Å². The molecule has 4 rings (SSSR count). The molecule has 0 saturated carbocycles. The molecular formula is C22H16F4N4O3. The summed E-state index contributed by atoms with van der Waals surface area (Å²) >= 11 is 0. The van der Waals surface area contributed by atoms with Gasteiger partial charge in [0.1, 0.15) is 11.4 Å². The number of benzene rings is 2. The maximum Gasteiger partial charge on any atom is 0.433 e. The number of methoxy groups -OCH3 is 2. The molecule has 1 N–H and O–H groups in total. The minimum atomic E-state index is -4.78. The molecule has 0 saturated heterocycles. The molecule has 0 aliphatic heterocycles. The van der Waals surface area contributed by atoms with Crippen molar-refractivity contribution in [1.82, 2.24) is 14.6 Å². The predicted molar refractivity (Wildman–Crippen MR) is 111 cm³/mol. The Hall–Kier alpha value is -4.15. The van der Waals surface area contributed by atoms with Gasteiger partial charge < -0.3 is 14.8 Å². The Balaban J connectivity index is 1.79. The summed E-state index contributed by atoms with van der Waals surface area (Å²) in [7, 11) is 2.88. The zero-order valence-corrected chi connectivity index (χ0v) is 17.3. The van der Waals surface area contributed by atoms with Gasteiger partial charge in [0.05, 0.1) is 26.1 Å². The van der Waals surface area contributed by atoms with Gasteiger partial charge in [0.2, 0.25) is 0 Å². The number of aromatic nitrogens is 3. The predicted octanol–water partition coefficient (Wildman–Crippen LogP) is 4.82. The lowest BCUT2D eigenvalue weighted by molar-refractivity contribution is -0.142. The number of carbonyl (C=O) groups excluding carboxylic acids is 1. The second kappa shape index (κ2) is 8.41. The number of halogens is 4. The van der Waals surface area contributed by atoms with Gasteiger partial charge in [0.25, 0.3) is 5.91 Å². The van der Waals surface area contributed by atoms with E-state index in [2.05, 4.69) is 15.4 Å². The van der Waals surface area contributed by atoms with Crippen molar-refractivity contribution in [2.75, 3.05) is 19.5 Å². The first-order valence-corrected chi connectivity index (χ1v) is 9.46.